The molecule has 150 valence electrons. The van der Waals surface area contributed by atoms with Gasteiger partial charge in [0.25, 0.3) is 0 Å². The van der Waals surface area contributed by atoms with Crippen molar-refractivity contribution in [1.82, 2.24) is 4.98 Å². The first-order valence-electron chi connectivity index (χ1n) is 10.5. The standard InChI is InChI=1S/C25H27NO3/c1-4-7-10-16-15-21-19(25(28-5-2)29-6-3)13-14-20-22(21)23(26-16)17-11-8-9-12-18(17)24(20)27/h8-9,11-15,25H,4-7,10H2,1-3H3. The number of hydrogen-bond donors (Lipinski definition) is 0. The fourth-order valence-corrected chi connectivity index (χ4v) is 4.08. The zero-order valence-corrected chi connectivity index (χ0v) is 17.3. The highest BCUT2D eigenvalue weighted by molar-refractivity contribution is 6.25. The molecule has 2 aromatic carbocycles. The van der Waals surface area contributed by atoms with Crippen LogP contribution in [0.1, 0.15) is 67.1 Å². The van der Waals surface area contributed by atoms with E-state index >= 15 is 0 Å². The summed E-state index contributed by atoms with van der Waals surface area (Å²) in [5.74, 6) is 0.0529. The highest BCUT2D eigenvalue weighted by atomic mass is 16.7. The molecule has 1 heterocycles. The maximum Gasteiger partial charge on any atom is 0.194 e. The Bertz CT molecular complexity index is 1050. The Kier molecular flexibility index (Phi) is 5.74. The van der Waals surface area contributed by atoms with Crippen LogP contribution in [0.3, 0.4) is 0 Å². The summed E-state index contributed by atoms with van der Waals surface area (Å²) in [6.07, 6.45) is 2.64. The lowest BCUT2D eigenvalue weighted by Gasteiger charge is -2.24. The Morgan fingerprint density at radius 1 is 0.931 bits per heavy atom. The zero-order valence-electron chi connectivity index (χ0n) is 17.3. The summed E-state index contributed by atoms with van der Waals surface area (Å²) < 4.78 is 11.8. The molecule has 0 aliphatic heterocycles. The van der Waals surface area contributed by atoms with Crippen molar-refractivity contribution in [3.05, 3.63) is 64.8 Å². The van der Waals surface area contributed by atoms with Crippen LogP contribution in [0.15, 0.2) is 42.5 Å². The molecule has 29 heavy (non-hydrogen) atoms. The number of benzene rings is 2. The average molecular weight is 389 g/mol. The summed E-state index contributed by atoms with van der Waals surface area (Å²) in [6, 6.07) is 13.8. The smallest absolute Gasteiger partial charge is 0.194 e. The number of ketones is 1. The Hall–Kier alpha value is -2.56. The first kappa shape index (κ1) is 19.7. The normalized spacial score (nSPS) is 12.6. The van der Waals surface area contributed by atoms with Gasteiger partial charge in [-0.1, -0.05) is 43.7 Å². The third-order valence-electron chi connectivity index (χ3n) is 5.43. The molecule has 4 heteroatoms. The second-order valence-electron chi connectivity index (χ2n) is 7.31. The minimum absolute atomic E-state index is 0.0529. The predicted molar refractivity (Wildman–Crippen MR) is 115 cm³/mol. The number of fused-ring (bicyclic) bond motifs is 2. The van der Waals surface area contributed by atoms with Crippen LogP contribution in [0.4, 0.5) is 0 Å². The number of nitrogens with zero attached hydrogens (tertiary/aromatic N) is 1. The van der Waals surface area contributed by atoms with Crippen LogP contribution in [-0.2, 0) is 15.9 Å². The van der Waals surface area contributed by atoms with Gasteiger partial charge in [-0.05, 0) is 44.2 Å². The molecule has 0 bridgehead atoms. The minimum Gasteiger partial charge on any atom is -0.349 e. The van der Waals surface area contributed by atoms with Gasteiger partial charge < -0.3 is 9.47 Å². The number of carbonyl (C=O) groups is 1. The van der Waals surface area contributed by atoms with E-state index in [1.54, 1.807) is 0 Å². The maximum atomic E-state index is 13.2. The molecule has 0 unspecified atom stereocenters. The largest absolute Gasteiger partial charge is 0.349 e. The van der Waals surface area contributed by atoms with Crippen LogP contribution < -0.4 is 0 Å². The lowest BCUT2D eigenvalue weighted by atomic mass is 9.84. The van der Waals surface area contributed by atoms with Crippen LogP contribution in [0.2, 0.25) is 0 Å². The molecule has 0 radical (unpaired) electrons. The Balaban J connectivity index is 2.02. The fraction of sp³-hybridized carbons (Fsp3) is 0.360. The van der Waals surface area contributed by atoms with Gasteiger partial charge in [-0.25, -0.2) is 0 Å². The van der Waals surface area contributed by atoms with Crippen molar-refractivity contribution in [2.75, 3.05) is 13.2 Å². The molecule has 0 saturated heterocycles. The predicted octanol–water partition coefficient (Wildman–Crippen LogP) is 5.86. The van der Waals surface area contributed by atoms with Crippen LogP contribution >= 0.6 is 0 Å². The van der Waals surface area contributed by atoms with Gasteiger partial charge in [-0.15, -0.1) is 0 Å². The summed E-state index contributed by atoms with van der Waals surface area (Å²) in [4.78, 5) is 18.2. The molecule has 0 spiro atoms. The quantitative estimate of drug-likeness (QED) is 0.354. The molecule has 0 saturated carbocycles. The molecule has 0 amide bonds. The third-order valence-corrected chi connectivity index (χ3v) is 5.43. The molecule has 1 aliphatic rings. The first-order valence-corrected chi connectivity index (χ1v) is 10.5. The van der Waals surface area contributed by atoms with E-state index < -0.39 is 6.29 Å². The van der Waals surface area contributed by atoms with Crippen molar-refractivity contribution in [2.24, 2.45) is 0 Å². The lowest BCUT2D eigenvalue weighted by molar-refractivity contribution is -0.139. The second-order valence-corrected chi connectivity index (χ2v) is 7.31. The van der Waals surface area contributed by atoms with Crippen molar-refractivity contribution in [3.63, 3.8) is 0 Å². The molecule has 1 aliphatic carbocycles. The van der Waals surface area contributed by atoms with Crippen molar-refractivity contribution >= 4 is 16.6 Å². The Labute approximate surface area is 171 Å². The average Bonchev–Trinajstić information content (AvgIpc) is 2.75. The molecule has 1 aromatic heterocycles. The number of hydrogen-bond acceptors (Lipinski definition) is 4. The number of rotatable bonds is 8. The number of carbonyl (C=O) groups excluding carboxylic acids is 1. The molecule has 0 atom stereocenters. The van der Waals surface area contributed by atoms with E-state index in [9.17, 15) is 4.79 Å². The number of aryl methyl sites for hydroxylation is 1. The van der Waals surface area contributed by atoms with Crippen molar-refractivity contribution in [1.29, 1.82) is 0 Å². The molecule has 3 aromatic rings. The molecule has 4 rings (SSSR count). The zero-order chi connectivity index (χ0) is 20.4. The summed E-state index contributed by atoms with van der Waals surface area (Å²) >= 11 is 0. The number of pyridine rings is 1. The Morgan fingerprint density at radius 2 is 1.66 bits per heavy atom. The van der Waals surface area contributed by atoms with Crippen LogP contribution in [0.5, 0.6) is 0 Å². The molecule has 4 nitrogen and oxygen atoms in total. The van der Waals surface area contributed by atoms with E-state index in [-0.39, 0.29) is 5.78 Å². The second kappa shape index (κ2) is 8.44. The van der Waals surface area contributed by atoms with E-state index in [4.69, 9.17) is 14.5 Å². The van der Waals surface area contributed by atoms with Crippen molar-refractivity contribution in [3.8, 4) is 11.3 Å². The van der Waals surface area contributed by atoms with Gasteiger partial charge >= 0.3 is 0 Å². The number of aromatic nitrogens is 1. The van der Waals surface area contributed by atoms with E-state index in [0.717, 1.165) is 58.1 Å². The topological polar surface area (TPSA) is 48.4 Å². The lowest BCUT2D eigenvalue weighted by Crippen LogP contribution is -2.15. The van der Waals surface area contributed by atoms with Gasteiger partial charge in [-0.3, -0.25) is 9.78 Å². The SMILES string of the molecule is CCCCc1cc2c(C(OCC)OCC)ccc3c2c(n1)-c1ccccc1C3=O. The molecular weight excluding hydrogens is 362 g/mol. The Morgan fingerprint density at radius 3 is 2.34 bits per heavy atom. The van der Waals surface area contributed by atoms with Gasteiger partial charge in [0.05, 0.1) is 5.69 Å². The van der Waals surface area contributed by atoms with Crippen LogP contribution in [-0.4, -0.2) is 24.0 Å². The monoisotopic (exact) mass is 389 g/mol. The summed E-state index contributed by atoms with van der Waals surface area (Å²) in [7, 11) is 0. The number of unbranched alkanes of at least 4 members (excludes halogenated alkanes) is 1. The van der Waals surface area contributed by atoms with Gasteiger partial charge in [0.2, 0.25) is 0 Å². The van der Waals surface area contributed by atoms with Gasteiger partial charge in [-0.2, -0.15) is 0 Å². The van der Waals surface area contributed by atoms with E-state index in [1.165, 1.54) is 0 Å². The number of ether oxygens (including phenoxy) is 2. The highest BCUT2D eigenvalue weighted by Crippen LogP contribution is 2.41. The van der Waals surface area contributed by atoms with Gasteiger partial charge in [0.1, 0.15) is 0 Å². The molecule has 0 fully saturated rings. The van der Waals surface area contributed by atoms with Crippen molar-refractivity contribution in [2.45, 2.75) is 46.3 Å². The van der Waals surface area contributed by atoms with Crippen molar-refractivity contribution < 1.29 is 14.3 Å². The third kappa shape index (κ3) is 3.47. The van der Waals surface area contributed by atoms with Gasteiger partial charge in [0, 0.05) is 46.5 Å². The maximum absolute atomic E-state index is 13.2. The minimum atomic E-state index is -0.458. The van der Waals surface area contributed by atoms with Crippen LogP contribution in [0.25, 0.3) is 22.0 Å². The molecular formula is C25H27NO3. The van der Waals surface area contributed by atoms with E-state index in [2.05, 4.69) is 13.0 Å². The van der Waals surface area contributed by atoms with E-state index in [1.807, 2.05) is 50.2 Å². The highest BCUT2D eigenvalue weighted by Gasteiger charge is 2.29. The first-order chi connectivity index (χ1) is 14.2. The van der Waals surface area contributed by atoms with Crippen LogP contribution in [0, 0.1) is 0 Å². The summed E-state index contributed by atoms with van der Waals surface area (Å²) in [5.41, 5.74) is 5.24. The molecule has 0 N–H and O–H groups in total. The van der Waals surface area contributed by atoms with E-state index in [0.29, 0.717) is 18.8 Å². The van der Waals surface area contributed by atoms with Gasteiger partial charge in [0.15, 0.2) is 12.1 Å². The summed E-state index contributed by atoms with van der Waals surface area (Å²) in [5, 5.41) is 1.92. The summed E-state index contributed by atoms with van der Waals surface area (Å²) in [6.45, 7) is 7.21. The fourth-order valence-electron chi connectivity index (χ4n) is 4.08.